The van der Waals surface area contributed by atoms with E-state index in [4.69, 9.17) is 0 Å². The van der Waals surface area contributed by atoms with Gasteiger partial charge >= 0.3 is 0 Å². The topological polar surface area (TPSA) is 17.0 Å². The van der Waals surface area contributed by atoms with Crippen molar-refractivity contribution in [2.24, 2.45) is 0 Å². The molecule has 0 aliphatic carbocycles. The van der Waals surface area contributed by atoms with Crippen molar-refractivity contribution in [3.63, 3.8) is 0 Å². The van der Waals surface area contributed by atoms with Gasteiger partial charge in [-0.3, -0.25) is 0 Å². The lowest BCUT2D eigenvalue weighted by Crippen LogP contribution is -2.09. The van der Waals surface area contributed by atoms with E-state index in [1.165, 1.54) is 33.9 Å². The van der Waals surface area contributed by atoms with Crippen LogP contribution in [0.1, 0.15) is 18.5 Å². The van der Waals surface area contributed by atoms with E-state index in [2.05, 4.69) is 57.0 Å². The Balaban J connectivity index is 2.24. The molecular formula is C14H19BrN2. The molecule has 1 N–H and O–H groups in total. The number of benzene rings is 1. The number of fused-ring (bicyclic) bond motifs is 1. The highest BCUT2D eigenvalue weighted by Crippen LogP contribution is 2.30. The minimum Gasteiger partial charge on any atom is -0.344 e. The lowest BCUT2D eigenvalue weighted by Gasteiger charge is -2.08. The molecule has 0 bridgehead atoms. The Morgan fingerprint density at radius 3 is 2.76 bits per heavy atom. The van der Waals surface area contributed by atoms with Crippen molar-refractivity contribution in [2.45, 2.75) is 26.3 Å². The summed E-state index contributed by atoms with van der Waals surface area (Å²) in [5.41, 5.74) is 2.66. The second kappa shape index (κ2) is 5.69. The van der Waals surface area contributed by atoms with Gasteiger partial charge < -0.3 is 9.88 Å². The van der Waals surface area contributed by atoms with Crippen LogP contribution < -0.4 is 5.32 Å². The quantitative estimate of drug-likeness (QED) is 0.832. The largest absolute Gasteiger partial charge is 0.344 e. The summed E-state index contributed by atoms with van der Waals surface area (Å²) in [6.45, 7) is 4.38. The summed E-state index contributed by atoms with van der Waals surface area (Å²) in [4.78, 5) is 0. The summed E-state index contributed by atoms with van der Waals surface area (Å²) in [5, 5.41) is 4.51. The summed E-state index contributed by atoms with van der Waals surface area (Å²) >= 11 is 3.69. The molecule has 0 saturated heterocycles. The fourth-order valence-electron chi connectivity index (χ4n) is 2.25. The number of hydrogen-bond acceptors (Lipinski definition) is 1. The molecule has 0 radical (unpaired) electrons. The lowest BCUT2D eigenvalue weighted by molar-refractivity contribution is 0.594. The summed E-state index contributed by atoms with van der Waals surface area (Å²) in [7, 11) is 2.01. The van der Waals surface area contributed by atoms with Crippen molar-refractivity contribution in [3.8, 4) is 0 Å². The van der Waals surface area contributed by atoms with E-state index < -0.39 is 0 Å². The van der Waals surface area contributed by atoms with Gasteiger partial charge in [-0.25, -0.2) is 0 Å². The molecule has 0 aliphatic heterocycles. The van der Waals surface area contributed by atoms with Crippen molar-refractivity contribution < 1.29 is 0 Å². The molecule has 1 aromatic heterocycles. The number of rotatable bonds is 5. The van der Waals surface area contributed by atoms with E-state index in [9.17, 15) is 0 Å². The van der Waals surface area contributed by atoms with Crippen LogP contribution in [0.2, 0.25) is 0 Å². The first-order valence-corrected chi connectivity index (χ1v) is 6.93. The number of unbranched alkanes of at least 4 members (excludes halogenated alkanes) is 1. The van der Waals surface area contributed by atoms with Crippen LogP contribution in [0.15, 0.2) is 28.7 Å². The zero-order chi connectivity index (χ0) is 12.3. The van der Waals surface area contributed by atoms with Gasteiger partial charge in [0, 0.05) is 27.6 Å². The van der Waals surface area contributed by atoms with Gasteiger partial charge in [-0.05, 0) is 55.4 Å². The van der Waals surface area contributed by atoms with Crippen LogP contribution in [-0.2, 0) is 6.54 Å². The van der Waals surface area contributed by atoms with Crippen LogP contribution in [-0.4, -0.2) is 18.2 Å². The van der Waals surface area contributed by atoms with Gasteiger partial charge in [0.25, 0.3) is 0 Å². The molecule has 2 aromatic rings. The molecule has 0 spiro atoms. The van der Waals surface area contributed by atoms with Crippen molar-refractivity contribution in [3.05, 3.63) is 34.4 Å². The Kier molecular flexibility index (Phi) is 4.24. The van der Waals surface area contributed by atoms with Crippen LogP contribution in [0, 0.1) is 6.92 Å². The van der Waals surface area contributed by atoms with Gasteiger partial charge in [0.1, 0.15) is 0 Å². The highest BCUT2D eigenvalue weighted by Gasteiger charge is 2.10. The maximum Gasteiger partial charge on any atom is 0.0494 e. The van der Waals surface area contributed by atoms with Gasteiger partial charge in [-0.15, -0.1) is 0 Å². The standard InChI is InChI=1S/C14H19BrN2/c1-11-14(15)12-7-3-4-8-13(12)17(11)10-6-5-9-16-2/h3-4,7-8,16H,5-6,9-10H2,1-2H3. The van der Waals surface area contributed by atoms with Crippen LogP contribution in [0.3, 0.4) is 0 Å². The fourth-order valence-corrected chi connectivity index (χ4v) is 2.80. The van der Waals surface area contributed by atoms with Gasteiger partial charge in [0.15, 0.2) is 0 Å². The molecule has 0 unspecified atom stereocenters. The molecule has 0 amide bonds. The minimum atomic E-state index is 1.10. The number of nitrogens with zero attached hydrogens (tertiary/aromatic N) is 1. The Morgan fingerprint density at radius 2 is 2.00 bits per heavy atom. The third-order valence-corrected chi connectivity index (χ3v) is 4.21. The predicted molar refractivity (Wildman–Crippen MR) is 77.5 cm³/mol. The molecule has 3 heteroatoms. The van der Waals surface area contributed by atoms with E-state index in [1.54, 1.807) is 0 Å². The van der Waals surface area contributed by atoms with E-state index >= 15 is 0 Å². The normalized spacial score (nSPS) is 11.2. The number of halogens is 1. The zero-order valence-corrected chi connectivity index (χ0v) is 12.0. The molecule has 0 atom stereocenters. The first-order valence-electron chi connectivity index (χ1n) is 6.13. The first kappa shape index (κ1) is 12.7. The van der Waals surface area contributed by atoms with Crippen LogP contribution in [0.5, 0.6) is 0 Å². The van der Waals surface area contributed by atoms with Crippen LogP contribution in [0.25, 0.3) is 10.9 Å². The Hall–Kier alpha value is -0.800. The maximum absolute atomic E-state index is 3.69. The Labute approximate surface area is 111 Å². The number of aromatic nitrogens is 1. The van der Waals surface area contributed by atoms with Crippen LogP contribution >= 0.6 is 15.9 Å². The number of hydrogen-bond donors (Lipinski definition) is 1. The van der Waals surface area contributed by atoms with Crippen molar-refractivity contribution >= 4 is 26.8 Å². The smallest absolute Gasteiger partial charge is 0.0494 e. The molecule has 92 valence electrons. The SMILES string of the molecule is CNCCCCn1c(C)c(Br)c2ccccc21. The van der Waals surface area contributed by atoms with Gasteiger partial charge in [0.2, 0.25) is 0 Å². The molecule has 0 saturated carbocycles. The Morgan fingerprint density at radius 1 is 1.24 bits per heavy atom. The van der Waals surface area contributed by atoms with E-state index in [1.807, 2.05) is 7.05 Å². The number of para-hydroxylation sites is 1. The van der Waals surface area contributed by atoms with Crippen molar-refractivity contribution in [1.82, 2.24) is 9.88 Å². The molecule has 0 fully saturated rings. The van der Waals surface area contributed by atoms with Gasteiger partial charge in [-0.2, -0.15) is 0 Å². The lowest BCUT2D eigenvalue weighted by atomic mass is 10.2. The van der Waals surface area contributed by atoms with Crippen molar-refractivity contribution in [1.29, 1.82) is 0 Å². The zero-order valence-electron chi connectivity index (χ0n) is 10.5. The second-order valence-electron chi connectivity index (χ2n) is 4.38. The molecule has 2 nitrogen and oxygen atoms in total. The van der Waals surface area contributed by atoms with E-state index in [0.29, 0.717) is 0 Å². The Bertz CT molecular complexity index is 502. The van der Waals surface area contributed by atoms with Gasteiger partial charge in [0.05, 0.1) is 0 Å². The molecular weight excluding hydrogens is 276 g/mol. The average Bonchev–Trinajstić information content (AvgIpc) is 2.60. The number of nitrogens with one attached hydrogen (secondary N) is 1. The van der Waals surface area contributed by atoms with Gasteiger partial charge in [-0.1, -0.05) is 18.2 Å². The second-order valence-corrected chi connectivity index (χ2v) is 5.17. The third kappa shape index (κ3) is 2.55. The fraction of sp³-hybridized carbons (Fsp3) is 0.429. The number of aryl methyl sites for hydroxylation is 1. The van der Waals surface area contributed by atoms with Crippen molar-refractivity contribution in [2.75, 3.05) is 13.6 Å². The van der Waals surface area contributed by atoms with E-state index in [0.717, 1.165) is 13.1 Å². The van der Waals surface area contributed by atoms with E-state index in [-0.39, 0.29) is 0 Å². The van der Waals surface area contributed by atoms with Crippen LogP contribution in [0.4, 0.5) is 0 Å². The molecule has 0 aliphatic rings. The summed E-state index contributed by atoms with van der Waals surface area (Å²) in [6.07, 6.45) is 2.44. The first-order chi connectivity index (χ1) is 8.25. The predicted octanol–water partition coefficient (Wildman–Crippen LogP) is 3.71. The molecule has 1 heterocycles. The molecule has 2 rings (SSSR count). The monoisotopic (exact) mass is 294 g/mol. The minimum absolute atomic E-state index is 1.10. The highest BCUT2D eigenvalue weighted by molar-refractivity contribution is 9.10. The average molecular weight is 295 g/mol. The third-order valence-electron chi connectivity index (χ3n) is 3.21. The summed E-state index contributed by atoms with van der Waals surface area (Å²) in [5.74, 6) is 0. The summed E-state index contributed by atoms with van der Waals surface area (Å²) < 4.78 is 3.65. The molecule has 17 heavy (non-hydrogen) atoms. The maximum atomic E-state index is 3.69. The summed E-state index contributed by atoms with van der Waals surface area (Å²) in [6, 6.07) is 8.58. The highest BCUT2D eigenvalue weighted by atomic mass is 79.9. The molecule has 1 aromatic carbocycles.